The average molecular weight is 457 g/mol. The van der Waals surface area contributed by atoms with Crippen molar-refractivity contribution in [2.75, 3.05) is 19.8 Å². The van der Waals surface area contributed by atoms with Gasteiger partial charge in [-0.05, 0) is 51.8 Å². The fourth-order valence-electron chi connectivity index (χ4n) is 3.91. The number of alkyl halides is 2. The fourth-order valence-corrected chi connectivity index (χ4v) is 3.91. The summed E-state index contributed by atoms with van der Waals surface area (Å²) in [5.41, 5.74) is -0.363. The molecule has 7 nitrogen and oxygen atoms in total. The molecule has 0 aromatic heterocycles. The minimum absolute atomic E-state index is 0.345. The number of amides is 2. The van der Waals surface area contributed by atoms with E-state index in [2.05, 4.69) is 5.32 Å². The number of rotatable bonds is 11. The Hall–Kier alpha value is -2.58. The van der Waals surface area contributed by atoms with Gasteiger partial charge in [0.2, 0.25) is 0 Å². The number of ether oxygens (including phenoxy) is 2. The Bertz CT molecular complexity index is 796. The van der Waals surface area contributed by atoms with E-state index in [0.29, 0.717) is 37.7 Å². The second-order valence-electron chi connectivity index (χ2n) is 8.26. The number of unbranched alkanes of at least 4 members (excludes halogenated alkanes) is 1. The molecular formula is C23H34F2N2O5. The van der Waals surface area contributed by atoms with Crippen LogP contribution in [0.15, 0.2) is 12.1 Å². The number of benzene rings is 1. The van der Waals surface area contributed by atoms with Crippen molar-refractivity contribution in [1.29, 1.82) is 0 Å². The van der Waals surface area contributed by atoms with E-state index in [9.17, 15) is 23.5 Å². The van der Waals surface area contributed by atoms with Gasteiger partial charge in [0.15, 0.2) is 5.54 Å². The monoisotopic (exact) mass is 456 g/mol. The van der Waals surface area contributed by atoms with Gasteiger partial charge in [0.05, 0.1) is 19.3 Å². The first-order valence-corrected chi connectivity index (χ1v) is 11.1. The molecule has 2 amide bonds. The summed E-state index contributed by atoms with van der Waals surface area (Å²) in [4.78, 5) is 26.3. The summed E-state index contributed by atoms with van der Waals surface area (Å²) in [6, 6.07) is 2.53. The van der Waals surface area contributed by atoms with Crippen molar-refractivity contribution in [3.8, 4) is 11.5 Å². The molecule has 2 rings (SSSR count). The van der Waals surface area contributed by atoms with Crippen LogP contribution in [-0.4, -0.2) is 53.2 Å². The minimum atomic E-state index is -3.10. The Morgan fingerprint density at radius 1 is 1.16 bits per heavy atom. The number of carbonyl (C=O) groups is 2. The Morgan fingerprint density at radius 2 is 1.69 bits per heavy atom. The third-order valence-corrected chi connectivity index (χ3v) is 5.77. The summed E-state index contributed by atoms with van der Waals surface area (Å²) in [6.07, 6.45) is -0.341. The van der Waals surface area contributed by atoms with E-state index in [4.69, 9.17) is 9.47 Å². The third kappa shape index (κ3) is 5.61. The largest absolute Gasteiger partial charge is 0.493 e. The highest BCUT2D eigenvalue weighted by Gasteiger charge is 2.62. The summed E-state index contributed by atoms with van der Waals surface area (Å²) in [6.45, 7) is 10.7. The molecule has 180 valence electrons. The van der Waals surface area contributed by atoms with Gasteiger partial charge in [-0.2, -0.15) is 0 Å². The van der Waals surface area contributed by atoms with E-state index >= 15 is 0 Å². The fraction of sp³-hybridized carbons (Fsp3) is 0.652. The van der Waals surface area contributed by atoms with Crippen LogP contribution >= 0.6 is 0 Å². The molecule has 1 aromatic carbocycles. The Balaban J connectivity index is 2.35. The van der Waals surface area contributed by atoms with E-state index in [0.717, 1.165) is 17.5 Å². The molecule has 1 aromatic rings. The number of carboxylic acid groups (broad SMARTS) is 1. The van der Waals surface area contributed by atoms with E-state index < -0.39 is 42.3 Å². The predicted molar refractivity (Wildman–Crippen MR) is 117 cm³/mol. The van der Waals surface area contributed by atoms with Crippen LogP contribution in [0.4, 0.5) is 13.6 Å². The van der Waals surface area contributed by atoms with Crippen molar-refractivity contribution in [3.63, 3.8) is 0 Å². The van der Waals surface area contributed by atoms with Crippen LogP contribution in [0.5, 0.6) is 11.5 Å². The average Bonchev–Trinajstić information content (AvgIpc) is 2.69. The van der Waals surface area contributed by atoms with E-state index in [1.165, 1.54) is 4.90 Å². The number of halogens is 2. The molecule has 1 saturated carbocycles. The number of nitrogens with one attached hydrogen (secondary N) is 1. The van der Waals surface area contributed by atoms with Crippen LogP contribution in [0.3, 0.4) is 0 Å². The van der Waals surface area contributed by atoms with Crippen LogP contribution in [0, 0.1) is 6.92 Å². The first-order chi connectivity index (χ1) is 15.0. The van der Waals surface area contributed by atoms with Gasteiger partial charge in [-0.1, -0.05) is 13.3 Å². The Kier molecular flexibility index (Phi) is 8.31. The van der Waals surface area contributed by atoms with Gasteiger partial charge in [0.25, 0.3) is 5.92 Å². The number of carbonyl (C=O) groups excluding carboxylic acids is 1. The Morgan fingerprint density at radius 3 is 2.09 bits per heavy atom. The lowest BCUT2D eigenvalue weighted by atomic mass is 9.73. The lowest BCUT2D eigenvalue weighted by Gasteiger charge is -2.45. The van der Waals surface area contributed by atoms with Crippen LogP contribution in [0.2, 0.25) is 0 Å². The van der Waals surface area contributed by atoms with Gasteiger partial charge in [-0.25, -0.2) is 18.4 Å². The van der Waals surface area contributed by atoms with E-state index in [1.807, 2.05) is 46.8 Å². The summed E-state index contributed by atoms with van der Waals surface area (Å²) in [7, 11) is 0. The molecule has 1 fully saturated rings. The zero-order valence-corrected chi connectivity index (χ0v) is 19.5. The molecule has 1 aliphatic carbocycles. The second kappa shape index (κ2) is 10.4. The lowest BCUT2D eigenvalue weighted by molar-refractivity contribution is -0.175. The predicted octanol–water partition coefficient (Wildman–Crippen LogP) is 4.92. The highest BCUT2D eigenvalue weighted by molar-refractivity contribution is 5.88. The normalized spacial score (nSPS) is 17.1. The summed E-state index contributed by atoms with van der Waals surface area (Å²) >= 11 is 0. The van der Waals surface area contributed by atoms with Crippen molar-refractivity contribution in [2.45, 2.75) is 77.8 Å². The lowest BCUT2D eigenvalue weighted by Crippen LogP contribution is -2.68. The molecule has 1 unspecified atom stereocenters. The third-order valence-electron chi connectivity index (χ3n) is 5.77. The number of hydrogen-bond donors (Lipinski definition) is 2. The van der Waals surface area contributed by atoms with Crippen LogP contribution in [0.1, 0.15) is 70.5 Å². The topological polar surface area (TPSA) is 88.1 Å². The molecule has 1 atom stereocenters. The molecule has 9 heteroatoms. The van der Waals surface area contributed by atoms with E-state index in [1.54, 1.807) is 0 Å². The van der Waals surface area contributed by atoms with Gasteiger partial charge in [0.1, 0.15) is 11.5 Å². The van der Waals surface area contributed by atoms with Crippen LogP contribution in [0.25, 0.3) is 0 Å². The molecule has 1 aliphatic rings. The molecule has 0 aliphatic heterocycles. The standard InChI is InChI=1S/C23H34F2N2O5/c1-6-9-10-27(21(30)26-22(20(28)29)13-23(24,25)14-22)16(5)17-11-18(31-7-2)15(4)19(12-17)32-8-3/h11-12,16H,6-10,13-14H2,1-5H3,(H,26,30)(H,28,29). The molecule has 32 heavy (non-hydrogen) atoms. The highest BCUT2D eigenvalue weighted by atomic mass is 19.3. The molecule has 0 heterocycles. The molecule has 0 saturated heterocycles. The SMILES string of the molecule is CCCCN(C(=O)NC1(C(=O)O)CC(F)(F)C1)C(C)c1cc(OCC)c(C)c(OCC)c1. The number of urea groups is 1. The smallest absolute Gasteiger partial charge is 0.329 e. The quantitative estimate of drug-likeness (QED) is 0.494. The summed E-state index contributed by atoms with van der Waals surface area (Å²) in [5, 5.41) is 11.9. The number of nitrogens with zero attached hydrogens (tertiary/aromatic N) is 1. The van der Waals surface area contributed by atoms with Gasteiger partial charge in [-0.3, -0.25) is 0 Å². The van der Waals surface area contributed by atoms with Crippen molar-refractivity contribution >= 4 is 12.0 Å². The van der Waals surface area contributed by atoms with Crippen molar-refractivity contribution in [2.24, 2.45) is 0 Å². The first-order valence-electron chi connectivity index (χ1n) is 11.1. The van der Waals surface area contributed by atoms with Crippen molar-refractivity contribution in [1.82, 2.24) is 10.2 Å². The summed E-state index contributed by atoms with van der Waals surface area (Å²) in [5.74, 6) is -3.28. The van der Waals surface area contributed by atoms with Crippen LogP contribution < -0.4 is 14.8 Å². The molecular weight excluding hydrogens is 422 g/mol. The molecule has 0 bridgehead atoms. The second-order valence-corrected chi connectivity index (χ2v) is 8.26. The van der Waals surface area contributed by atoms with Gasteiger partial charge < -0.3 is 24.8 Å². The number of carboxylic acids is 1. The van der Waals surface area contributed by atoms with Crippen molar-refractivity contribution < 1.29 is 33.0 Å². The molecule has 0 spiro atoms. The summed E-state index contributed by atoms with van der Waals surface area (Å²) < 4.78 is 38.4. The van der Waals surface area contributed by atoms with Gasteiger partial charge in [0, 0.05) is 24.9 Å². The molecule has 0 radical (unpaired) electrons. The van der Waals surface area contributed by atoms with Gasteiger partial charge >= 0.3 is 12.0 Å². The molecule has 2 N–H and O–H groups in total. The van der Waals surface area contributed by atoms with Crippen LogP contribution in [-0.2, 0) is 4.79 Å². The van der Waals surface area contributed by atoms with E-state index in [-0.39, 0.29) is 0 Å². The number of hydrogen-bond acceptors (Lipinski definition) is 4. The zero-order valence-electron chi connectivity index (χ0n) is 19.5. The van der Waals surface area contributed by atoms with Crippen molar-refractivity contribution in [3.05, 3.63) is 23.3 Å². The zero-order chi connectivity index (χ0) is 24.1. The maximum atomic E-state index is 13.5. The first kappa shape index (κ1) is 25.7. The van der Waals surface area contributed by atoms with Gasteiger partial charge in [-0.15, -0.1) is 0 Å². The maximum absolute atomic E-state index is 13.5. The highest BCUT2D eigenvalue weighted by Crippen LogP contribution is 2.46. The maximum Gasteiger partial charge on any atom is 0.329 e. The number of aliphatic carboxylic acids is 1. The Labute approximate surface area is 188 Å². The minimum Gasteiger partial charge on any atom is -0.493 e.